The lowest BCUT2D eigenvalue weighted by atomic mass is 10.2. The minimum absolute atomic E-state index is 0.0407. The van der Waals surface area contributed by atoms with Crippen LogP contribution in [0.1, 0.15) is 37.1 Å². The summed E-state index contributed by atoms with van der Waals surface area (Å²) in [5.41, 5.74) is 0.275. The number of nitrogens with zero attached hydrogens (tertiary/aromatic N) is 3. The number of hydrogen-bond donors (Lipinski definition) is 0. The molecule has 1 aliphatic heterocycles. The molecule has 1 aliphatic rings. The zero-order valence-corrected chi connectivity index (χ0v) is 10.5. The first-order chi connectivity index (χ1) is 8.68. The molecule has 0 saturated carbocycles. The molecular weight excluding hydrogens is 234 g/mol. The van der Waals surface area contributed by atoms with Crippen LogP contribution in [0, 0.1) is 17.0 Å². The van der Waals surface area contributed by atoms with E-state index in [1.807, 2.05) is 6.20 Å². The Balaban J connectivity index is 2.10. The second-order valence-electron chi connectivity index (χ2n) is 4.50. The van der Waals surface area contributed by atoms with E-state index in [2.05, 4.69) is 10.1 Å². The Kier molecular flexibility index (Phi) is 3.96. The van der Waals surface area contributed by atoms with Gasteiger partial charge >= 0.3 is 5.69 Å². The summed E-state index contributed by atoms with van der Waals surface area (Å²) in [4.78, 5) is 12.6. The Morgan fingerprint density at radius 1 is 1.33 bits per heavy atom. The van der Waals surface area contributed by atoms with Crippen molar-refractivity contribution in [3.63, 3.8) is 0 Å². The van der Waals surface area contributed by atoms with Crippen LogP contribution >= 0.6 is 0 Å². The van der Waals surface area contributed by atoms with Crippen LogP contribution < -0.4 is 0 Å². The van der Waals surface area contributed by atoms with Crippen LogP contribution in [0.4, 0.5) is 5.69 Å². The number of nitro groups is 1. The van der Waals surface area contributed by atoms with Crippen LogP contribution in [0.2, 0.25) is 0 Å². The van der Waals surface area contributed by atoms with Gasteiger partial charge in [0.2, 0.25) is 5.76 Å². The zero-order valence-electron chi connectivity index (χ0n) is 10.5. The van der Waals surface area contributed by atoms with Gasteiger partial charge in [-0.1, -0.05) is 18.0 Å². The molecule has 18 heavy (non-hydrogen) atoms. The number of aromatic nitrogens is 1. The van der Waals surface area contributed by atoms with Crippen molar-refractivity contribution in [3.8, 4) is 0 Å². The maximum atomic E-state index is 10.9. The maximum absolute atomic E-state index is 10.9. The predicted molar refractivity (Wildman–Crippen MR) is 67.0 cm³/mol. The molecule has 0 atom stereocenters. The smallest absolute Gasteiger partial charge is 0.338 e. The normalized spacial score (nSPS) is 17.1. The van der Waals surface area contributed by atoms with Gasteiger partial charge in [-0.3, -0.25) is 10.1 Å². The van der Waals surface area contributed by atoms with E-state index in [1.165, 1.54) is 25.7 Å². The molecule has 0 aromatic carbocycles. The molecule has 2 heterocycles. The highest BCUT2D eigenvalue weighted by Crippen LogP contribution is 2.24. The molecule has 1 saturated heterocycles. The number of hydrogen-bond acceptors (Lipinski definition) is 5. The van der Waals surface area contributed by atoms with E-state index in [-0.39, 0.29) is 11.4 Å². The maximum Gasteiger partial charge on any atom is 0.338 e. The summed E-state index contributed by atoms with van der Waals surface area (Å²) < 4.78 is 4.97. The Morgan fingerprint density at radius 3 is 2.61 bits per heavy atom. The summed E-state index contributed by atoms with van der Waals surface area (Å²) in [6.07, 6.45) is 8.36. The highest BCUT2D eigenvalue weighted by atomic mass is 16.6. The van der Waals surface area contributed by atoms with Gasteiger partial charge in [0, 0.05) is 25.4 Å². The van der Waals surface area contributed by atoms with Crippen molar-refractivity contribution in [1.82, 2.24) is 10.1 Å². The van der Waals surface area contributed by atoms with E-state index in [4.69, 9.17) is 4.52 Å². The molecule has 0 bridgehead atoms. The molecule has 6 nitrogen and oxygen atoms in total. The van der Waals surface area contributed by atoms with Gasteiger partial charge in [-0.15, -0.1) is 0 Å². The summed E-state index contributed by atoms with van der Waals surface area (Å²) in [7, 11) is 0. The lowest BCUT2D eigenvalue weighted by Gasteiger charge is -2.16. The van der Waals surface area contributed by atoms with Gasteiger partial charge in [-0.05, 0) is 19.8 Å². The van der Waals surface area contributed by atoms with Crippen LogP contribution in [0.15, 0.2) is 10.7 Å². The van der Waals surface area contributed by atoms with E-state index in [0.29, 0.717) is 5.69 Å². The second-order valence-corrected chi connectivity index (χ2v) is 4.50. The van der Waals surface area contributed by atoms with Crippen molar-refractivity contribution in [2.24, 2.45) is 0 Å². The molecule has 0 aliphatic carbocycles. The van der Waals surface area contributed by atoms with E-state index in [1.54, 1.807) is 13.0 Å². The van der Waals surface area contributed by atoms with Crippen molar-refractivity contribution in [2.75, 3.05) is 13.1 Å². The van der Waals surface area contributed by atoms with E-state index < -0.39 is 4.92 Å². The Morgan fingerprint density at radius 2 is 2.00 bits per heavy atom. The summed E-state index contributed by atoms with van der Waals surface area (Å²) in [5, 5.41) is 14.5. The van der Waals surface area contributed by atoms with E-state index in [0.717, 1.165) is 13.1 Å². The SMILES string of the molecule is Cc1noc(/C=C/N2CCCCCC2)c1[N+](=O)[O-]. The van der Waals surface area contributed by atoms with E-state index >= 15 is 0 Å². The summed E-state index contributed by atoms with van der Waals surface area (Å²) in [5.74, 6) is 0.224. The molecule has 0 spiro atoms. The first-order valence-electron chi connectivity index (χ1n) is 6.21. The highest BCUT2D eigenvalue weighted by molar-refractivity contribution is 5.56. The van der Waals surface area contributed by atoms with Crippen LogP contribution in [0.5, 0.6) is 0 Å². The monoisotopic (exact) mass is 251 g/mol. The molecule has 1 aromatic rings. The van der Waals surface area contributed by atoms with Crippen LogP contribution in [-0.4, -0.2) is 28.1 Å². The first-order valence-corrected chi connectivity index (χ1v) is 6.21. The number of aryl methyl sites for hydroxylation is 1. The molecule has 2 rings (SSSR count). The molecule has 1 fully saturated rings. The Labute approximate surface area is 105 Å². The van der Waals surface area contributed by atoms with Gasteiger partial charge in [0.1, 0.15) is 0 Å². The standard InChI is InChI=1S/C12H17N3O3/c1-10-12(15(16)17)11(18-13-10)6-9-14-7-4-2-3-5-8-14/h6,9H,2-5,7-8H2,1H3/b9-6+. The van der Waals surface area contributed by atoms with Crippen LogP contribution in [-0.2, 0) is 0 Å². The lowest BCUT2D eigenvalue weighted by molar-refractivity contribution is -0.386. The zero-order chi connectivity index (χ0) is 13.0. The number of likely N-dealkylation sites (tertiary alicyclic amines) is 1. The van der Waals surface area contributed by atoms with Gasteiger partial charge in [-0.25, -0.2) is 0 Å². The largest absolute Gasteiger partial charge is 0.377 e. The minimum atomic E-state index is -0.450. The third-order valence-corrected chi connectivity index (χ3v) is 3.12. The van der Waals surface area contributed by atoms with Crippen LogP contribution in [0.3, 0.4) is 0 Å². The van der Waals surface area contributed by atoms with Gasteiger partial charge in [-0.2, -0.15) is 0 Å². The fourth-order valence-corrected chi connectivity index (χ4v) is 2.13. The third-order valence-electron chi connectivity index (χ3n) is 3.12. The molecular formula is C12H17N3O3. The van der Waals surface area contributed by atoms with Crippen molar-refractivity contribution >= 4 is 11.8 Å². The average molecular weight is 251 g/mol. The first kappa shape index (κ1) is 12.6. The van der Waals surface area contributed by atoms with Crippen molar-refractivity contribution < 1.29 is 9.45 Å². The minimum Gasteiger partial charge on any atom is -0.377 e. The Bertz CT molecular complexity index is 445. The van der Waals surface area contributed by atoms with Crippen molar-refractivity contribution in [1.29, 1.82) is 0 Å². The van der Waals surface area contributed by atoms with Gasteiger partial charge in [0.15, 0.2) is 5.69 Å². The molecule has 0 N–H and O–H groups in total. The quantitative estimate of drug-likeness (QED) is 0.610. The van der Waals surface area contributed by atoms with Crippen molar-refractivity contribution in [3.05, 3.63) is 27.8 Å². The second kappa shape index (κ2) is 5.66. The third kappa shape index (κ3) is 2.88. The summed E-state index contributed by atoms with van der Waals surface area (Å²) in [6, 6.07) is 0. The molecule has 0 radical (unpaired) electrons. The van der Waals surface area contributed by atoms with Gasteiger partial charge < -0.3 is 9.42 Å². The van der Waals surface area contributed by atoms with Gasteiger partial charge in [0.25, 0.3) is 0 Å². The fraction of sp³-hybridized carbons (Fsp3) is 0.583. The van der Waals surface area contributed by atoms with Gasteiger partial charge in [0.05, 0.1) is 4.92 Å². The lowest BCUT2D eigenvalue weighted by Crippen LogP contribution is -2.17. The molecule has 0 unspecified atom stereocenters. The summed E-state index contributed by atoms with van der Waals surface area (Å²) >= 11 is 0. The topological polar surface area (TPSA) is 72.4 Å². The van der Waals surface area contributed by atoms with Crippen molar-refractivity contribution in [2.45, 2.75) is 32.6 Å². The van der Waals surface area contributed by atoms with Crippen LogP contribution in [0.25, 0.3) is 6.08 Å². The fourth-order valence-electron chi connectivity index (χ4n) is 2.13. The summed E-state index contributed by atoms with van der Waals surface area (Å²) in [6.45, 7) is 3.57. The van der Waals surface area contributed by atoms with E-state index in [9.17, 15) is 10.1 Å². The molecule has 98 valence electrons. The molecule has 1 aromatic heterocycles. The predicted octanol–water partition coefficient (Wildman–Crippen LogP) is 2.74. The average Bonchev–Trinajstić information content (AvgIpc) is 2.55. The highest BCUT2D eigenvalue weighted by Gasteiger charge is 2.22. The number of rotatable bonds is 3. The molecule has 6 heteroatoms. The Hall–Kier alpha value is -1.85. The molecule has 0 amide bonds.